The minimum atomic E-state index is 1.27. The molecule has 4 heteroatoms. The van der Waals surface area contributed by atoms with Crippen molar-refractivity contribution in [1.29, 1.82) is 0 Å². The number of hydrazine groups is 1. The molecule has 12 heavy (non-hydrogen) atoms. The van der Waals surface area contributed by atoms with Crippen LogP contribution in [0, 0.1) is 0 Å². The molecule has 0 radical (unpaired) electrons. The van der Waals surface area contributed by atoms with Crippen molar-refractivity contribution in [2.24, 2.45) is 0 Å². The molecule has 0 aromatic carbocycles. The lowest BCUT2D eigenvalue weighted by Gasteiger charge is -2.39. The first-order valence-electron chi connectivity index (χ1n) is 4.62. The summed E-state index contributed by atoms with van der Waals surface area (Å²) in [5.74, 6) is 5.29. The molecule has 0 aromatic rings. The van der Waals surface area contributed by atoms with Gasteiger partial charge in [-0.1, -0.05) is 0 Å². The highest BCUT2D eigenvalue weighted by atomic mass is 32.2. The predicted octanol–water partition coefficient (Wildman–Crippen LogP) is 0.999. The summed E-state index contributed by atoms with van der Waals surface area (Å²) in [4.78, 5) is 0. The molecular weight excluding hydrogens is 188 g/mol. The highest BCUT2D eigenvalue weighted by Gasteiger charge is 2.19. The normalized spacial score (nSPS) is 29.0. The number of thioether (sulfide) groups is 2. The Labute approximate surface area is 83.0 Å². The fraction of sp³-hybridized carbons (Fsp3) is 1.00. The van der Waals surface area contributed by atoms with Crippen LogP contribution in [0.1, 0.15) is 0 Å². The van der Waals surface area contributed by atoms with Gasteiger partial charge in [0.25, 0.3) is 0 Å². The van der Waals surface area contributed by atoms with Gasteiger partial charge < -0.3 is 0 Å². The molecule has 0 aliphatic carbocycles. The zero-order chi connectivity index (χ0) is 8.23. The minimum absolute atomic E-state index is 1.27. The molecule has 0 aromatic heterocycles. The second kappa shape index (κ2) is 4.74. The molecule has 2 aliphatic rings. The maximum atomic E-state index is 2.55. The fourth-order valence-electron chi connectivity index (χ4n) is 1.67. The lowest BCUT2D eigenvalue weighted by molar-refractivity contribution is -0.00703. The first kappa shape index (κ1) is 9.19. The minimum Gasteiger partial charge on any atom is -0.240 e. The Hall–Kier alpha value is 0.620. The Morgan fingerprint density at radius 2 is 0.917 bits per heavy atom. The maximum absolute atomic E-state index is 2.55. The molecule has 0 N–H and O–H groups in total. The van der Waals surface area contributed by atoms with Crippen molar-refractivity contribution in [2.45, 2.75) is 0 Å². The summed E-state index contributed by atoms with van der Waals surface area (Å²) in [6.45, 7) is 5.09. The molecule has 0 bridgehead atoms. The molecule has 2 nitrogen and oxygen atoms in total. The molecule has 0 amide bonds. The maximum Gasteiger partial charge on any atom is 0.0224 e. The van der Waals surface area contributed by atoms with E-state index >= 15 is 0 Å². The first-order chi connectivity index (χ1) is 5.97. The molecule has 2 heterocycles. The van der Waals surface area contributed by atoms with Crippen molar-refractivity contribution in [3.05, 3.63) is 0 Å². The van der Waals surface area contributed by atoms with E-state index in [9.17, 15) is 0 Å². The van der Waals surface area contributed by atoms with Gasteiger partial charge in [-0.3, -0.25) is 0 Å². The topological polar surface area (TPSA) is 6.48 Å². The van der Waals surface area contributed by atoms with Gasteiger partial charge in [0.05, 0.1) is 0 Å². The second-order valence-corrected chi connectivity index (χ2v) is 5.58. The van der Waals surface area contributed by atoms with E-state index < -0.39 is 0 Å². The zero-order valence-corrected chi connectivity index (χ0v) is 9.00. The van der Waals surface area contributed by atoms with Crippen LogP contribution in [0.2, 0.25) is 0 Å². The summed E-state index contributed by atoms with van der Waals surface area (Å²) in [6, 6.07) is 0. The van der Waals surface area contributed by atoms with E-state index in [0.29, 0.717) is 0 Å². The molecule has 0 unspecified atom stereocenters. The van der Waals surface area contributed by atoms with Gasteiger partial charge in [-0.05, 0) is 0 Å². The Balaban J connectivity index is 1.80. The third-order valence-electron chi connectivity index (χ3n) is 2.37. The van der Waals surface area contributed by atoms with E-state index in [1.807, 2.05) is 0 Å². The van der Waals surface area contributed by atoms with Gasteiger partial charge in [-0.15, -0.1) is 0 Å². The van der Waals surface area contributed by atoms with E-state index in [1.165, 1.54) is 49.2 Å². The van der Waals surface area contributed by atoms with Gasteiger partial charge in [-0.2, -0.15) is 23.5 Å². The first-order valence-corrected chi connectivity index (χ1v) is 6.93. The molecule has 2 rings (SSSR count). The van der Waals surface area contributed by atoms with Gasteiger partial charge in [0.2, 0.25) is 0 Å². The van der Waals surface area contributed by atoms with Crippen molar-refractivity contribution in [3.63, 3.8) is 0 Å². The number of rotatable bonds is 1. The zero-order valence-electron chi connectivity index (χ0n) is 7.37. The molecule has 2 fully saturated rings. The highest BCUT2D eigenvalue weighted by Crippen LogP contribution is 2.16. The smallest absolute Gasteiger partial charge is 0.0224 e. The summed E-state index contributed by atoms with van der Waals surface area (Å²) >= 11 is 4.18. The second-order valence-electron chi connectivity index (χ2n) is 3.13. The number of hydrogen-bond acceptors (Lipinski definition) is 4. The molecule has 2 saturated heterocycles. The molecular formula is C8H16N2S2. The van der Waals surface area contributed by atoms with Crippen molar-refractivity contribution >= 4 is 23.5 Å². The molecule has 2 aliphatic heterocycles. The van der Waals surface area contributed by atoms with Gasteiger partial charge in [0.15, 0.2) is 0 Å². The quantitative estimate of drug-likeness (QED) is 0.628. The summed E-state index contributed by atoms with van der Waals surface area (Å²) in [7, 11) is 0. The van der Waals surface area contributed by atoms with Crippen LogP contribution in [0.15, 0.2) is 0 Å². The van der Waals surface area contributed by atoms with Crippen LogP contribution in [-0.4, -0.2) is 59.2 Å². The Morgan fingerprint density at radius 3 is 1.25 bits per heavy atom. The van der Waals surface area contributed by atoms with Crippen LogP contribution in [0.3, 0.4) is 0 Å². The van der Waals surface area contributed by atoms with Crippen molar-refractivity contribution < 1.29 is 0 Å². The Bertz CT molecular complexity index is 115. The third-order valence-corrected chi connectivity index (χ3v) is 4.26. The molecule has 70 valence electrons. The fourth-order valence-corrected chi connectivity index (χ4v) is 3.44. The van der Waals surface area contributed by atoms with Crippen LogP contribution < -0.4 is 0 Å². The average Bonchev–Trinajstić information content (AvgIpc) is 2.21. The van der Waals surface area contributed by atoms with Crippen molar-refractivity contribution in [2.75, 3.05) is 49.2 Å². The largest absolute Gasteiger partial charge is 0.240 e. The van der Waals surface area contributed by atoms with Crippen LogP contribution >= 0.6 is 23.5 Å². The van der Waals surface area contributed by atoms with Crippen LogP contribution in [0.5, 0.6) is 0 Å². The lowest BCUT2D eigenvalue weighted by atomic mass is 10.5. The molecule has 0 atom stereocenters. The predicted molar refractivity (Wildman–Crippen MR) is 57.8 cm³/mol. The van der Waals surface area contributed by atoms with E-state index in [4.69, 9.17) is 0 Å². The summed E-state index contributed by atoms with van der Waals surface area (Å²) in [6.07, 6.45) is 0. The SMILES string of the molecule is C1CN(N2CCSCC2)CCS1. The summed E-state index contributed by atoms with van der Waals surface area (Å²) in [5, 5.41) is 5.10. The van der Waals surface area contributed by atoms with Gasteiger partial charge in [0.1, 0.15) is 0 Å². The third kappa shape index (κ3) is 2.31. The molecule has 0 saturated carbocycles. The Morgan fingerprint density at radius 1 is 0.583 bits per heavy atom. The number of hydrogen-bond donors (Lipinski definition) is 0. The monoisotopic (exact) mass is 204 g/mol. The van der Waals surface area contributed by atoms with Crippen molar-refractivity contribution in [1.82, 2.24) is 10.0 Å². The van der Waals surface area contributed by atoms with Gasteiger partial charge in [-0.25, -0.2) is 10.0 Å². The van der Waals surface area contributed by atoms with E-state index in [1.54, 1.807) is 0 Å². The summed E-state index contributed by atoms with van der Waals surface area (Å²) in [5.41, 5.74) is 0. The lowest BCUT2D eigenvalue weighted by Crippen LogP contribution is -2.50. The van der Waals surface area contributed by atoms with E-state index in [0.717, 1.165) is 0 Å². The summed E-state index contributed by atoms with van der Waals surface area (Å²) < 4.78 is 0. The van der Waals surface area contributed by atoms with Crippen LogP contribution in [0.4, 0.5) is 0 Å². The van der Waals surface area contributed by atoms with Crippen LogP contribution in [0.25, 0.3) is 0 Å². The van der Waals surface area contributed by atoms with E-state index in [2.05, 4.69) is 33.5 Å². The van der Waals surface area contributed by atoms with Crippen LogP contribution in [-0.2, 0) is 0 Å². The highest BCUT2D eigenvalue weighted by molar-refractivity contribution is 7.99. The van der Waals surface area contributed by atoms with E-state index in [-0.39, 0.29) is 0 Å². The van der Waals surface area contributed by atoms with Gasteiger partial charge in [0, 0.05) is 49.2 Å². The average molecular weight is 204 g/mol. The van der Waals surface area contributed by atoms with Crippen molar-refractivity contribution in [3.8, 4) is 0 Å². The standard InChI is InChI=1S/C8H16N2S2/c1-5-11-6-2-9(1)10-3-7-12-8-4-10/h1-8H2. The Kier molecular flexibility index (Phi) is 3.63. The molecule has 0 spiro atoms. The van der Waals surface area contributed by atoms with Gasteiger partial charge >= 0.3 is 0 Å². The number of nitrogens with zero attached hydrogens (tertiary/aromatic N) is 2.